The van der Waals surface area contributed by atoms with Crippen molar-refractivity contribution in [3.63, 3.8) is 0 Å². The number of hydrogen-bond donors (Lipinski definition) is 1. The van der Waals surface area contributed by atoms with Crippen molar-refractivity contribution in [2.45, 2.75) is 31.8 Å². The molecule has 0 atom stereocenters. The topological polar surface area (TPSA) is 46.0 Å². The van der Waals surface area contributed by atoms with Crippen LogP contribution in [0.1, 0.15) is 29.9 Å². The van der Waals surface area contributed by atoms with E-state index in [1.54, 1.807) is 12.1 Å². The van der Waals surface area contributed by atoms with Crippen molar-refractivity contribution < 1.29 is 4.39 Å². The van der Waals surface area contributed by atoms with Gasteiger partial charge in [0.05, 0.1) is 23.1 Å². The van der Waals surface area contributed by atoms with Gasteiger partial charge in [0.1, 0.15) is 11.6 Å². The number of aryl methyl sites for hydroxylation is 1. The predicted octanol–water partition coefficient (Wildman–Crippen LogP) is 4.29. The summed E-state index contributed by atoms with van der Waals surface area (Å²) in [6.07, 6.45) is 5.60. The zero-order chi connectivity index (χ0) is 19.3. The smallest absolute Gasteiger partial charge is 0.161 e. The number of benzene rings is 1. The molecule has 1 saturated heterocycles. The minimum Gasteiger partial charge on any atom is -0.371 e. The molecule has 1 N–H and O–H groups in total. The summed E-state index contributed by atoms with van der Waals surface area (Å²) in [5, 5.41) is 4.31. The van der Waals surface area contributed by atoms with Crippen LogP contribution in [0.4, 0.5) is 10.1 Å². The van der Waals surface area contributed by atoms with Crippen LogP contribution in [0.25, 0.3) is 5.82 Å². The van der Waals surface area contributed by atoms with E-state index in [1.807, 2.05) is 25.4 Å². The minimum absolute atomic E-state index is 0.180. The molecule has 28 heavy (non-hydrogen) atoms. The van der Waals surface area contributed by atoms with Crippen molar-refractivity contribution in [2.75, 3.05) is 18.4 Å². The lowest BCUT2D eigenvalue weighted by Crippen LogP contribution is -2.49. The molecule has 1 aromatic carbocycles. The summed E-state index contributed by atoms with van der Waals surface area (Å²) in [6.45, 7) is 4.30. The van der Waals surface area contributed by atoms with Gasteiger partial charge in [-0.3, -0.25) is 9.47 Å². The molecule has 5 rings (SSSR count). The molecule has 4 heterocycles. The van der Waals surface area contributed by atoms with Gasteiger partial charge in [-0.05, 0) is 50.1 Å². The van der Waals surface area contributed by atoms with E-state index in [2.05, 4.69) is 30.8 Å². The first kappa shape index (κ1) is 17.6. The van der Waals surface area contributed by atoms with E-state index in [9.17, 15) is 4.39 Å². The minimum atomic E-state index is -0.200. The monoisotopic (exact) mass is 397 g/mol. The molecule has 7 heteroatoms. The second-order valence-electron chi connectivity index (χ2n) is 7.62. The molecule has 2 aliphatic heterocycles. The van der Waals surface area contributed by atoms with Crippen molar-refractivity contribution in [3.05, 3.63) is 70.6 Å². The van der Waals surface area contributed by atoms with Crippen molar-refractivity contribution in [1.82, 2.24) is 19.4 Å². The number of nitrogens with zero attached hydrogens (tertiary/aromatic N) is 4. The molecule has 0 saturated carbocycles. The maximum Gasteiger partial charge on any atom is 0.161 e. The fourth-order valence-corrected chi connectivity index (χ4v) is 4.62. The quantitative estimate of drug-likeness (QED) is 0.700. The SMILES string of the molecule is Cc1ncc2n1-c1ncccc1NC21CCN(Cc2cc(Cl)ccc2F)CC1. The van der Waals surface area contributed by atoms with Crippen LogP contribution in [0.2, 0.25) is 5.02 Å². The largest absolute Gasteiger partial charge is 0.371 e. The van der Waals surface area contributed by atoms with Crippen LogP contribution in [0.5, 0.6) is 0 Å². The fourth-order valence-electron chi connectivity index (χ4n) is 4.42. The summed E-state index contributed by atoms with van der Waals surface area (Å²) < 4.78 is 16.3. The Bertz CT molecular complexity index is 1040. The highest BCUT2D eigenvalue weighted by Crippen LogP contribution is 2.43. The van der Waals surface area contributed by atoms with Crippen molar-refractivity contribution >= 4 is 17.3 Å². The van der Waals surface area contributed by atoms with E-state index in [-0.39, 0.29) is 11.4 Å². The third-order valence-electron chi connectivity index (χ3n) is 5.91. The zero-order valence-corrected chi connectivity index (χ0v) is 16.4. The lowest BCUT2D eigenvalue weighted by molar-refractivity contribution is 0.160. The second-order valence-corrected chi connectivity index (χ2v) is 8.06. The van der Waals surface area contributed by atoms with Gasteiger partial charge in [-0.1, -0.05) is 11.6 Å². The second kappa shape index (κ2) is 6.57. The number of anilines is 1. The van der Waals surface area contributed by atoms with E-state index in [1.165, 1.54) is 6.07 Å². The maximum absolute atomic E-state index is 14.1. The zero-order valence-electron chi connectivity index (χ0n) is 15.6. The summed E-state index contributed by atoms with van der Waals surface area (Å²) in [4.78, 5) is 11.4. The first-order chi connectivity index (χ1) is 13.6. The number of imidazole rings is 1. The third-order valence-corrected chi connectivity index (χ3v) is 6.15. The van der Waals surface area contributed by atoms with Gasteiger partial charge in [0, 0.05) is 36.4 Å². The summed E-state index contributed by atoms with van der Waals surface area (Å²) in [5.41, 5.74) is 2.66. The normalized spacial score (nSPS) is 17.8. The summed E-state index contributed by atoms with van der Waals surface area (Å²) in [7, 11) is 0. The highest BCUT2D eigenvalue weighted by molar-refractivity contribution is 6.30. The third kappa shape index (κ3) is 2.79. The Balaban J connectivity index is 1.41. The van der Waals surface area contributed by atoms with E-state index in [0.717, 1.165) is 49.0 Å². The summed E-state index contributed by atoms with van der Waals surface area (Å²) in [5.74, 6) is 1.65. The lowest BCUT2D eigenvalue weighted by atomic mass is 9.82. The lowest BCUT2D eigenvalue weighted by Gasteiger charge is -2.45. The van der Waals surface area contributed by atoms with E-state index < -0.39 is 0 Å². The molecule has 0 amide bonds. The molecule has 2 aliphatic rings. The van der Waals surface area contributed by atoms with Gasteiger partial charge in [-0.25, -0.2) is 14.4 Å². The van der Waals surface area contributed by atoms with E-state index in [4.69, 9.17) is 11.6 Å². The van der Waals surface area contributed by atoms with Crippen LogP contribution in [-0.2, 0) is 12.1 Å². The standard InChI is InChI=1S/C21H21ClFN5/c1-14-25-12-19-21(26-18-3-2-8-24-20(18)28(14)19)6-9-27(10-7-21)13-15-11-16(22)4-5-17(15)23/h2-5,8,11-12,26H,6-7,9-10,13H2,1H3. The Morgan fingerprint density at radius 1 is 1.21 bits per heavy atom. The maximum atomic E-state index is 14.1. The number of nitrogens with one attached hydrogen (secondary N) is 1. The van der Waals surface area contributed by atoms with Gasteiger partial charge in [-0.15, -0.1) is 0 Å². The molecule has 144 valence electrons. The molecule has 0 radical (unpaired) electrons. The fraction of sp³-hybridized carbons (Fsp3) is 0.333. The number of halogens is 2. The molecular weight excluding hydrogens is 377 g/mol. The van der Waals surface area contributed by atoms with Crippen molar-refractivity contribution in [1.29, 1.82) is 0 Å². The molecule has 0 aliphatic carbocycles. The Labute approximate surface area is 168 Å². The van der Waals surface area contributed by atoms with Gasteiger partial charge < -0.3 is 5.32 Å². The number of hydrogen-bond acceptors (Lipinski definition) is 4. The average Bonchev–Trinajstić information content (AvgIpc) is 3.10. The van der Waals surface area contributed by atoms with Crippen molar-refractivity contribution in [2.24, 2.45) is 0 Å². The first-order valence-electron chi connectivity index (χ1n) is 9.50. The Hall–Kier alpha value is -2.44. The predicted molar refractivity (Wildman–Crippen MR) is 107 cm³/mol. The number of aromatic nitrogens is 3. The summed E-state index contributed by atoms with van der Waals surface area (Å²) in [6, 6.07) is 8.78. The van der Waals surface area contributed by atoms with Gasteiger partial charge in [0.25, 0.3) is 0 Å². The molecule has 0 bridgehead atoms. The summed E-state index contributed by atoms with van der Waals surface area (Å²) >= 11 is 6.05. The molecular formula is C21H21ClFN5. The molecule has 1 fully saturated rings. The average molecular weight is 398 g/mol. The molecule has 1 spiro atoms. The van der Waals surface area contributed by atoms with Crippen LogP contribution in [-0.4, -0.2) is 32.5 Å². The number of likely N-dealkylation sites (tertiary alicyclic amines) is 1. The number of rotatable bonds is 2. The van der Waals surface area contributed by atoms with E-state index in [0.29, 0.717) is 17.1 Å². The van der Waals surface area contributed by atoms with Crippen molar-refractivity contribution in [3.8, 4) is 5.82 Å². The highest BCUT2D eigenvalue weighted by Gasteiger charge is 2.43. The van der Waals surface area contributed by atoms with Gasteiger partial charge >= 0.3 is 0 Å². The van der Waals surface area contributed by atoms with Crippen LogP contribution in [0.15, 0.2) is 42.7 Å². The van der Waals surface area contributed by atoms with Gasteiger partial charge in [-0.2, -0.15) is 0 Å². The molecule has 2 aromatic heterocycles. The van der Waals surface area contributed by atoms with Crippen LogP contribution in [0.3, 0.4) is 0 Å². The van der Waals surface area contributed by atoms with Crippen LogP contribution < -0.4 is 5.32 Å². The van der Waals surface area contributed by atoms with Gasteiger partial charge in [0.2, 0.25) is 0 Å². The highest BCUT2D eigenvalue weighted by atomic mass is 35.5. The number of pyridine rings is 1. The Kier molecular flexibility index (Phi) is 4.14. The number of fused-ring (bicyclic) bond motifs is 4. The molecule has 3 aromatic rings. The number of piperidine rings is 1. The van der Waals surface area contributed by atoms with Crippen LogP contribution in [0, 0.1) is 12.7 Å². The first-order valence-corrected chi connectivity index (χ1v) is 9.88. The van der Waals surface area contributed by atoms with Gasteiger partial charge in [0.15, 0.2) is 5.82 Å². The van der Waals surface area contributed by atoms with E-state index >= 15 is 0 Å². The Morgan fingerprint density at radius 2 is 2.04 bits per heavy atom. The van der Waals surface area contributed by atoms with Crippen LogP contribution >= 0.6 is 11.6 Å². The molecule has 0 unspecified atom stereocenters. The molecule has 5 nitrogen and oxygen atoms in total. The Morgan fingerprint density at radius 3 is 2.86 bits per heavy atom.